The number of hydrogen-bond acceptors (Lipinski definition) is 3. The van der Waals surface area contributed by atoms with Crippen molar-refractivity contribution in [2.45, 2.75) is 13.1 Å². The van der Waals surface area contributed by atoms with Crippen molar-refractivity contribution in [3.05, 3.63) is 247 Å². The lowest BCUT2D eigenvalue weighted by molar-refractivity contribution is -0.646. The molecular weight excluding hydrogens is 747 g/mol. The van der Waals surface area contributed by atoms with E-state index in [1.165, 1.54) is 0 Å². The first-order valence-electron chi connectivity index (χ1n) is 20.6. The molecule has 7 nitrogen and oxygen atoms in total. The monoisotopic (exact) mass is 793 g/mol. The lowest BCUT2D eigenvalue weighted by Crippen LogP contribution is -2.36. The van der Waals surface area contributed by atoms with E-state index in [4.69, 9.17) is 10.2 Å². The van der Waals surface area contributed by atoms with Crippen molar-refractivity contribution in [2.24, 2.45) is 0 Å². The van der Waals surface area contributed by atoms with Crippen LogP contribution in [0.4, 0.5) is 5.69 Å². The van der Waals surface area contributed by atoms with Gasteiger partial charge in [0.25, 0.3) is 11.6 Å². The normalized spacial score (nSPS) is 11.2. The van der Waals surface area contributed by atoms with Crippen LogP contribution in [0.2, 0.25) is 0 Å². The molecule has 61 heavy (non-hydrogen) atoms. The lowest BCUT2D eigenvalue weighted by Gasteiger charge is -2.11. The molecule has 0 N–H and O–H groups in total. The van der Waals surface area contributed by atoms with Crippen molar-refractivity contribution in [2.75, 3.05) is 19.0 Å². The molecule has 0 bridgehead atoms. The fraction of sp³-hybridized carbons (Fsp3) is 0.0741. The predicted molar refractivity (Wildman–Crippen MR) is 246 cm³/mol. The summed E-state index contributed by atoms with van der Waals surface area (Å²) in [6.07, 6.45) is 6.47. The van der Waals surface area contributed by atoms with Gasteiger partial charge in [-0.2, -0.15) is 0 Å². The van der Waals surface area contributed by atoms with Crippen molar-refractivity contribution >= 4 is 17.3 Å². The van der Waals surface area contributed by atoms with Crippen LogP contribution >= 0.6 is 0 Å². The molecule has 0 radical (unpaired) electrons. The van der Waals surface area contributed by atoms with Crippen LogP contribution in [0.3, 0.4) is 0 Å². The van der Waals surface area contributed by atoms with Crippen molar-refractivity contribution in [1.29, 1.82) is 0 Å². The van der Waals surface area contributed by atoms with E-state index in [1.807, 2.05) is 12.1 Å². The number of allylic oxidation sites excluding steroid dienone is 2. The van der Waals surface area contributed by atoms with Gasteiger partial charge in [0.05, 0.1) is 11.1 Å². The molecule has 0 atom stereocenters. The highest BCUT2D eigenvalue weighted by atomic mass is 15.4. The molecule has 9 rings (SSSR count). The maximum absolute atomic E-state index is 5.63. The second kappa shape index (κ2) is 17.9. The number of benzene rings is 7. The van der Waals surface area contributed by atoms with Gasteiger partial charge in [-0.15, -0.1) is 0 Å². The fourth-order valence-electron chi connectivity index (χ4n) is 7.67. The highest BCUT2D eigenvalue weighted by Crippen LogP contribution is 2.31. The molecule has 2 heterocycles. The van der Waals surface area contributed by atoms with Gasteiger partial charge in [-0.05, 0) is 93.6 Å². The van der Waals surface area contributed by atoms with Gasteiger partial charge in [-0.3, -0.25) is 0 Å². The van der Waals surface area contributed by atoms with Crippen LogP contribution in [-0.4, -0.2) is 33.4 Å². The van der Waals surface area contributed by atoms with Gasteiger partial charge < -0.3 is 4.90 Å². The summed E-state index contributed by atoms with van der Waals surface area (Å²) in [6, 6.07) is 71.8. The first-order valence-corrected chi connectivity index (χ1v) is 20.6. The Morgan fingerprint density at radius 2 is 0.852 bits per heavy atom. The SMILES string of the molecule is CN(C)c1ccc(C=CC=C(c2n[n+](-c3ccccc3)c(-c3ccccc3)n2Cc2ccccc2)c2n[n+](-c3ccccc3)c(-c3ccccc3)n2Cc2ccccc2)cc1. The standard InChI is InChI=1S/C54H47N7/c1-57(2)47-38-36-42(37-39-47)26-21-35-50(51-55-60(48-31-17-7-18-32-48)53(45-27-13-5-14-28-45)58(51)40-43-22-9-3-10-23-43)52-56-61(49-33-19-8-20-34-49)54(46-29-15-6-16-30-46)59(52)41-44-24-11-4-12-25-44/h3-39H,40-41H2,1-2H3/q+2. The first-order chi connectivity index (χ1) is 30.1. The van der Waals surface area contributed by atoms with Crippen LogP contribution in [0, 0.1) is 0 Å². The topological polar surface area (TPSA) is 46.6 Å². The maximum Gasteiger partial charge on any atom is 0.317 e. The minimum atomic E-state index is 0.573. The quantitative estimate of drug-likeness (QED) is 0.0863. The van der Waals surface area contributed by atoms with Crippen LogP contribution in [0.5, 0.6) is 0 Å². The largest absolute Gasteiger partial charge is 0.378 e. The van der Waals surface area contributed by atoms with E-state index in [1.54, 1.807) is 0 Å². The number of nitrogens with zero attached hydrogens (tertiary/aromatic N) is 7. The summed E-state index contributed by atoms with van der Waals surface area (Å²) in [5.41, 5.74) is 9.45. The zero-order valence-corrected chi connectivity index (χ0v) is 34.4. The molecule has 0 fully saturated rings. The Morgan fingerprint density at radius 3 is 1.25 bits per heavy atom. The van der Waals surface area contributed by atoms with Crippen LogP contribution < -0.4 is 14.3 Å². The van der Waals surface area contributed by atoms with E-state index in [0.29, 0.717) is 13.1 Å². The zero-order chi connectivity index (χ0) is 41.4. The molecule has 0 saturated carbocycles. The van der Waals surface area contributed by atoms with E-state index in [2.05, 4.69) is 250 Å². The number of aromatic nitrogens is 6. The molecule has 0 aliphatic rings. The Bertz CT molecular complexity index is 2710. The van der Waals surface area contributed by atoms with E-state index >= 15 is 0 Å². The lowest BCUT2D eigenvalue weighted by atomic mass is 10.1. The minimum absolute atomic E-state index is 0.573. The van der Waals surface area contributed by atoms with Gasteiger partial charge in [0.1, 0.15) is 18.7 Å². The van der Waals surface area contributed by atoms with Crippen LogP contribution in [-0.2, 0) is 13.1 Å². The number of anilines is 1. The van der Waals surface area contributed by atoms with Gasteiger partial charge in [-0.25, -0.2) is 9.13 Å². The third-order valence-corrected chi connectivity index (χ3v) is 10.7. The van der Waals surface area contributed by atoms with Crippen molar-refractivity contribution in [3.8, 4) is 34.2 Å². The van der Waals surface area contributed by atoms with Crippen LogP contribution in [0.1, 0.15) is 28.3 Å². The third kappa shape index (κ3) is 8.49. The Hall–Kier alpha value is -7.90. The summed E-state index contributed by atoms with van der Waals surface area (Å²) in [6.45, 7) is 1.15. The minimum Gasteiger partial charge on any atom is -0.378 e. The third-order valence-electron chi connectivity index (χ3n) is 10.7. The van der Waals surface area contributed by atoms with E-state index in [0.717, 1.165) is 73.8 Å². The van der Waals surface area contributed by atoms with Crippen molar-refractivity contribution < 1.29 is 9.36 Å². The molecule has 0 spiro atoms. The first kappa shape index (κ1) is 38.6. The molecule has 9 aromatic rings. The van der Waals surface area contributed by atoms with Crippen molar-refractivity contribution in [3.63, 3.8) is 0 Å². The van der Waals surface area contributed by atoms with Crippen LogP contribution in [0.15, 0.2) is 218 Å². The molecule has 0 amide bonds. The highest BCUT2D eigenvalue weighted by Gasteiger charge is 2.37. The van der Waals surface area contributed by atoms with Crippen LogP contribution in [0.25, 0.3) is 45.8 Å². The molecule has 0 saturated heterocycles. The van der Waals surface area contributed by atoms with Gasteiger partial charge >= 0.3 is 11.6 Å². The Kier molecular flexibility index (Phi) is 11.4. The molecule has 7 aromatic carbocycles. The Morgan fingerprint density at radius 1 is 0.475 bits per heavy atom. The summed E-state index contributed by atoms with van der Waals surface area (Å²) in [5, 5.41) is 11.3. The van der Waals surface area contributed by atoms with Crippen molar-refractivity contribution in [1.82, 2.24) is 19.3 Å². The van der Waals surface area contributed by atoms with E-state index in [9.17, 15) is 0 Å². The predicted octanol–water partition coefficient (Wildman–Crippen LogP) is 10.3. The number of rotatable bonds is 13. The molecular formula is C54H47N7+2. The summed E-state index contributed by atoms with van der Waals surface area (Å²) < 4.78 is 8.86. The fourth-order valence-corrected chi connectivity index (χ4v) is 7.67. The molecule has 0 aliphatic heterocycles. The summed E-state index contributed by atoms with van der Waals surface area (Å²) in [7, 11) is 4.12. The average Bonchev–Trinajstić information content (AvgIpc) is 3.88. The summed E-state index contributed by atoms with van der Waals surface area (Å²) in [5.74, 6) is 3.47. The Labute approximate surface area is 357 Å². The number of hydrogen-bond donors (Lipinski definition) is 0. The molecule has 296 valence electrons. The van der Waals surface area contributed by atoms with Gasteiger partial charge in [0.15, 0.2) is 11.4 Å². The van der Waals surface area contributed by atoms with E-state index < -0.39 is 0 Å². The Balaban J connectivity index is 1.37. The van der Waals surface area contributed by atoms with E-state index in [-0.39, 0.29) is 0 Å². The second-order valence-corrected chi connectivity index (χ2v) is 15.1. The van der Waals surface area contributed by atoms with Gasteiger partial charge in [-0.1, -0.05) is 167 Å². The number of para-hydroxylation sites is 2. The average molecular weight is 794 g/mol. The molecule has 0 aliphatic carbocycles. The molecule has 7 heteroatoms. The smallest absolute Gasteiger partial charge is 0.317 e. The second-order valence-electron chi connectivity index (χ2n) is 15.1. The maximum atomic E-state index is 5.63. The zero-order valence-electron chi connectivity index (χ0n) is 34.4. The molecule has 0 unspecified atom stereocenters. The van der Waals surface area contributed by atoms with Gasteiger partial charge in [0.2, 0.25) is 0 Å². The summed E-state index contributed by atoms with van der Waals surface area (Å²) >= 11 is 0. The summed E-state index contributed by atoms with van der Waals surface area (Å²) in [4.78, 5) is 2.11. The highest BCUT2D eigenvalue weighted by molar-refractivity contribution is 5.77. The van der Waals surface area contributed by atoms with Gasteiger partial charge in [0, 0.05) is 19.8 Å². The molecule has 2 aromatic heterocycles.